The Bertz CT molecular complexity index is 657. The van der Waals surface area contributed by atoms with Gasteiger partial charge < -0.3 is 0 Å². The zero-order chi connectivity index (χ0) is 12.9. The van der Waals surface area contributed by atoms with Crippen LogP contribution >= 0.6 is 0 Å². The molecule has 0 saturated carbocycles. The monoisotopic (exact) mass is 242 g/mol. The fourth-order valence-corrected chi connectivity index (χ4v) is 2.58. The maximum absolute atomic E-state index is 11.7. The maximum atomic E-state index is 11.7. The lowest BCUT2D eigenvalue weighted by atomic mass is 9.92. The van der Waals surface area contributed by atoms with Gasteiger partial charge in [-0.3, -0.25) is 9.48 Å². The van der Waals surface area contributed by atoms with Gasteiger partial charge in [-0.25, -0.2) is 9.97 Å². The lowest BCUT2D eigenvalue weighted by Gasteiger charge is -2.14. The molecule has 5 heteroatoms. The second kappa shape index (κ2) is 3.73. The van der Waals surface area contributed by atoms with Crippen molar-refractivity contribution in [1.29, 1.82) is 0 Å². The molecule has 0 spiro atoms. The molecular formula is C13H14N4O. The SMILES string of the molecule is CC(=O)c1c2c(nn1C)-c1nc(C)ncc1CC2. The van der Waals surface area contributed by atoms with Gasteiger partial charge in [0, 0.05) is 25.7 Å². The van der Waals surface area contributed by atoms with Crippen molar-refractivity contribution in [3.05, 3.63) is 28.8 Å². The van der Waals surface area contributed by atoms with Crippen molar-refractivity contribution in [3.8, 4) is 11.4 Å². The Morgan fingerprint density at radius 1 is 1.33 bits per heavy atom. The number of hydrogen-bond donors (Lipinski definition) is 0. The first kappa shape index (κ1) is 11.1. The number of carbonyl (C=O) groups excluding carboxylic acids is 1. The molecule has 0 atom stereocenters. The van der Waals surface area contributed by atoms with Crippen molar-refractivity contribution < 1.29 is 4.79 Å². The number of ketones is 1. The highest BCUT2D eigenvalue weighted by atomic mass is 16.1. The van der Waals surface area contributed by atoms with E-state index < -0.39 is 0 Å². The van der Waals surface area contributed by atoms with Crippen LogP contribution in [0.25, 0.3) is 11.4 Å². The van der Waals surface area contributed by atoms with E-state index in [-0.39, 0.29) is 5.78 Å². The topological polar surface area (TPSA) is 60.7 Å². The Balaban J connectivity index is 2.28. The Labute approximate surface area is 105 Å². The first-order valence-corrected chi connectivity index (χ1v) is 5.97. The quantitative estimate of drug-likeness (QED) is 0.711. The largest absolute Gasteiger partial charge is 0.293 e. The number of Topliss-reactive ketones (excluding diaryl/α,β-unsaturated/α-hetero) is 1. The predicted molar refractivity (Wildman–Crippen MR) is 66.4 cm³/mol. The van der Waals surface area contributed by atoms with Gasteiger partial charge in [-0.2, -0.15) is 5.10 Å². The summed E-state index contributed by atoms with van der Waals surface area (Å²) in [6.45, 7) is 3.45. The molecule has 5 nitrogen and oxygen atoms in total. The Kier molecular flexibility index (Phi) is 2.29. The molecule has 0 aliphatic heterocycles. The van der Waals surface area contributed by atoms with Gasteiger partial charge in [-0.1, -0.05) is 0 Å². The highest BCUT2D eigenvalue weighted by Crippen LogP contribution is 2.32. The van der Waals surface area contributed by atoms with Crippen molar-refractivity contribution in [2.75, 3.05) is 0 Å². The van der Waals surface area contributed by atoms with Gasteiger partial charge >= 0.3 is 0 Å². The van der Waals surface area contributed by atoms with Crippen LogP contribution in [0.2, 0.25) is 0 Å². The van der Waals surface area contributed by atoms with Crippen molar-refractivity contribution in [3.63, 3.8) is 0 Å². The van der Waals surface area contributed by atoms with E-state index in [0.29, 0.717) is 5.69 Å². The van der Waals surface area contributed by atoms with Crippen LogP contribution in [0.15, 0.2) is 6.20 Å². The molecule has 0 unspecified atom stereocenters. The third kappa shape index (κ3) is 1.47. The number of carbonyl (C=O) groups is 1. The van der Waals surface area contributed by atoms with Crippen LogP contribution in [0.5, 0.6) is 0 Å². The molecule has 2 aromatic rings. The highest BCUT2D eigenvalue weighted by molar-refractivity contribution is 5.96. The summed E-state index contributed by atoms with van der Waals surface area (Å²) >= 11 is 0. The first-order valence-electron chi connectivity index (χ1n) is 5.97. The summed E-state index contributed by atoms with van der Waals surface area (Å²) < 4.78 is 1.67. The van der Waals surface area contributed by atoms with Gasteiger partial charge in [0.25, 0.3) is 0 Å². The van der Waals surface area contributed by atoms with Gasteiger partial charge in [0.05, 0.1) is 5.69 Å². The van der Waals surface area contributed by atoms with Crippen molar-refractivity contribution in [2.45, 2.75) is 26.7 Å². The van der Waals surface area contributed by atoms with E-state index in [0.717, 1.165) is 41.2 Å². The molecule has 2 heterocycles. The summed E-state index contributed by atoms with van der Waals surface area (Å²) in [4.78, 5) is 20.4. The molecule has 1 aliphatic carbocycles. The van der Waals surface area contributed by atoms with Crippen LogP contribution in [-0.4, -0.2) is 25.5 Å². The smallest absolute Gasteiger partial charge is 0.178 e. The van der Waals surface area contributed by atoms with Crippen LogP contribution in [-0.2, 0) is 19.9 Å². The summed E-state index contributed by atoms with van der Waals surface area (Å²) in [5, 5.41) is 4.46. The van der Waals surface area contributed by atoms with Crippen molar-refractivity contribution in [2.24, 2.45) is 7.05 Å². The normalized spacial score (nSPS) is 13.1. The Morgan fingerprint density at radius 3 is 2.83 bits per heavy atom. The molecule has 18 heavy (non-hydrogen) atoms. The minimum absolute atomic E-state index is 0.0560. The van der Waals surface area contributed by atoms with E-state index in [9.17, 15) is 4.79 Å². The third-order valence-electron chi connectivity index (χ3n) is 3.33. The molecule has 0 amide bonds. The van der Waals surface area contributed by atoms with Gasteiger partial charge in [0.15, 0.2) is 5.78 Å². The second-order valence-electron chi connectivity index (χ2n) is 4.65. The first-order chi connectivity index (χ1) is 8.58. The number of nitrogens with zero attached hydrogens (tertiary/aromatic N) is 4. The van der Waals surface area contributed by atoms with E-state index in [1.165, 1.54) is 0 Å². The lowest BCUT2D eigenvalue weighted by molar-refractivity contribution is 0.100. The lowest BCUT2D eigenvalue weighted by Crippen LogP contribution is -2.10. The standard InChI is InChI=1S/C13H14N4O/c1-7(18)13-10-5-4-9-6-14-8(2)15-11(9)12(10)16-17(13)3/h6H,4-5H2,1-3H3. The van der Waals surface area contributed by atoms with Gasteiger partial charge in [-0.15, -0.1) is 0 Å². The third-order valence-corrected chi connectivity index (χ3v) is 3.33. The van der Waals surface area contributed by atoms with Gasteiger partial charge in [-0.05, 0) is 25.3 Å². The van der Waals surface area contributed by atoms with E-state index >= 15 is 0 Å². The molecule has 1 aliphatic rings. The van der Waals surface area contributed by atoms with Crippen LogP contribution in [0.1, 0.15) is 34.4 Å². The van der Waals surface area contributed by atoms with Gasteiger partial charge in [0.2, 0.25) is 0 Å². The number of rotatable bonds is 1. The molecule has 0 aromatic carbocycles. The number of fused-ring (bicyclic) bond motifs is 3. The molecule has 3 rings (SSSR count). The van der Waals surface area contributed by atoms with Crippen molar-refractivity contribution in [1.82, 2.24) is 19.7 Å². The van der Waals surface area contributed by atoms with E-state index in [1.807, 2.05) is 20.2 Å². The molecule has 2 aromatic heterocycles. The average Bonchev–Trinajstić information content (AvgIpc) is 2.65. The predicted octanol–water partition coefficient (Wildman–Crippen LogP) is 1.49. The second-order valence-corrected chi connectivity index (χ2v) is 4.65. The fraction of sp³-hybridized carbons (Fsp3) is 0.385. The molecule has 0 saturated heterocycles. The van der Waals surface area contributed by atoms with Crippen LogP contribution in [0.3, 0.4) is 0 Å². The van der Waals surface area contributed by atoms with Gasteiger partial charge in [0.1, 0.15) is 17.2 Å². The van der Waals surface area contributed by atoms with Crippen molar-refractivity contribution >= 4 is 5.78 Å². The number of hydrogen-bond acceptors (Lipinski definition) is 4. The fourth-order valence-electron chi connectivity index (χ4n) is 2.58. The number of aryl methyl sites for hydroxylation is 3. The minimum Gasteiger partial charge on any atom is -0.293 e. The summed E-state index contributed by atoms with van der Waals surface area (Å²) in [6.07, 6.45) is 3.56. The molecule has 0 bridgehead atoms. The molecule has 92 valence electrons. The Hall–Kier alpha value is -2.04. The van der Waals surface area contributed by atoms with E-state index in [1.54, 1.807) is 11.6 Å². The summed E-state index contributed by atoms with van der Waals surface area (Å²) in [7, 11) is 1.81. The zero-order valence-electron chi connectivity index (χ0n) is 10.7. The molecule has 0 radical (unpaired) electrons. The summed E-state index contributed by atoms with van der Waals surface area (Å²) in [5.41, 5.74) is 4.56. The zero-order valence-corrected chi connectivity index (χ0v) is 10.7. The molecule has 0 N–H and O–H groups in total. The van der Waals surface area contributed by atoms with Crippen LogP contribution < -0.4 is 0 Å². The van der Waals surface area contributed by atoms with E-state index in [2.05, 4.69) is 15.1 Å². The average molecular weight is 242 g/mol. The number of aromatic nitrogens is 4. The molecule has 0 fully saturated rings. The van der Waals surface area contributed by atoms with E-state index in [4.69, 9.17) is 0 Å². The van der Waals surface area contributed by atoms with Crippen LogP contribution in [0, 0.1) is 6.92 Å². The minimum atomic E-state index is 0.0560. The highest BCUT2D eigenvalue weighted by Gasteiger charge is 2.26. The summed E-state index contributed by atoms with van der Waals surface area (Å²) in [5.74, 6) is 0.789. The molecular weight excluding hydrogens is 228 g/mol. The summed E-state index contributed by atoms with van der Waals surface area (Å²) in [6, 6.07) is 0. The van der Waals surface area contributed by atoms with Crippen LogP contribution in [0.4, 0.5) is 0 Å². The Morgan fingerprint density at radius 2 is 2.11 bits per heavy atom. The maximum Gasteiger partial charge on any atom is 0.178 e.